The van der Waals surface area contributed by atoms with Crippen LogP contribution in [0.5, 0.6) is 0 Å². The van der Waals surface area contributed by atoms with Crippen LogP contribution in [0, 0.1) is 0 Å². The molecule has 1 aliphatic heterocycles. The van der Waals surface area contributed by atoms with Crippen molar-refractivity contribution in [1.29, 1.82) is 0 Å². The Hall–Kier alpha value is -2.28. The maximum absolute atomic E-state index is 12.4. The van der Waals surface area contributed by atoms with E-state index in [9.17, 15) is 4.79 Å². The first kappa shape index (κ1) is 15.6. The van der Waals surface area contributed by atoms with Crippen LogP contribution in [0.4, 0.5) is 0 Å². The summed E-state index contributed by atoms with van der Waals surface area (Å²) < 4.78 is 1.47. The fraction of sp³-hybridized carbons (Fsp3) is 0.500. The summed E-state index contributed by atoms with van der Waals surface area (Å²) in [5, 5.41) is 10.9. The molecule has 122 valence electrons. The standard InChI is InChI=1S/C16H22N6O/c1-20(10-14-6-3-2-4-7-14)15-8-5-9-21(11-15)16(23)12-22-13-17-18-19-22/h2-4,6-7,13,15H,5,8-12H2,1H3/t15-/m1/s1. The molecule has 0 unspecified atom stereocenters. The third-order valence-electron chi connectivity index (χ3n) is 4.34. The number of likely N-dealkylation sites (tertiary alicyclic amines) is 1. The monoisotopic (exact) mass is 314 g/mol. The van der Waals surface area contributed by atoms with Gasteiger partial charge in [0.2, 0.25) is 5.91 Å². The number of likely N-dealkylation sites (N-methyl/N-ethyl adjacent to an activating group) is 1. The van der Waals surface area contributed by atoms with E-state index in [4.69, 9.17) is 0 Å². The van der Waals surface area contributed by atoms with Crippen molar-refractivity contribution >= 4 is 5.91 Å². The van der Waals surface area contributed by atoms with Gasteiger partial charge in [-0.3, -0.25) is 9.69 Å². The van der Waals surface area contributed by atoms with Gasteiger partial charge in [-0.15, -0.1) is 5.10 Å². The van der Waals surface area contributed by atoms with Gasteiger partial charge < -0.3 is 4.90 Å². The molecule has 1 atom stereocenters. The van der Waals surface area contributed by atoms with Crippen LogP contribution in [0.1, 0.15) is 18.4 Å². The second-order valence-corrected chi connectivity index (χ2v) is 6.04. The van der Waals surface area contributed by atoms with Gasteiger partial charge in [0.15, 0.2) is 0 Å². The third kappa shape index (κ3) is 4.13. The summed E-state index contributed by atoms with van der Waals surface area (Å²) in [6.45, 7) is 2.70. The topological polar surface area (TPSA) is 67.2 Å². The van der Waals surface area contributed by atoms with Crippen LogP contribution in [0.15, 0.2) is 36.7 Å². The second kappa shape index (κ2) is 7.32. The summed E-state index contributed by atoms with van der Waals surface area (Å²) in [6, 6.07) is 10.8. The normalized spacial score (nSPS) is 18.3. The summed E-state index contributed by atoms with van der Waals surface area (Å²) in [4.78, 5) is 16.6. The Labute approximate surface area is 135 Å². The average molecular weight is 314 g/mol. The number of rotatable bonds is 5. The van der Waals surface area contributed by atoms with Crippen molar-refractivity contribution in [1.82, 2.24) is 30.0 Å². The molecule has 3 rings (SSSR count). The zero-order chi connectivity index (χ0) is 16.1. The predicted octanol–water partition coefficient (Wildman–Crippen LogP) is 0.796. The Morgan fingerprint density at radius 1 is 1.35 bits per heavy atom. The van der Waals surface area contributed by atoms with Gasteiger partial charge in [0.25, 0.3) is 0 Å². The van der Waals surface area contributed by atoms with Crippen LogP contribution in [0.2, 0.25) is 0 Å². The minimum atomic E-state index is 0.0788. The van der Waals surface area contributed by atoms with Crippen LogP contribution >= 0.6 is 0 Å². The van der Waals surface area contributed by atoms with Crippen molar-refractivity contribution in [2.75, 3.05) is 20.1 Å². The highest BCUT2D eigenvalue weighted by molar-refractivity contribution is 5.76. The SMILES string of the molecule is CN(Cc1ccccc1)[C@@H]1CCCN(C(=O)Cn2cnnn2)C1. The van der Waals surface area contributed by atoms with E-state index >= 15 is 0 Å². The van der Waals surface area contributed by atoms with Crippen LogP contribution in [0.25, 0.3) is 0 Å². The summed E-state index contributed by atoms with van der Waals surface area (Å²) >= 11 is 0. The molecule has 1 fully saturated rings. The first-order valence-corrected chi connectivity index (χ1v) is 7.95. The zero-order valence-corrected chi connectivity index (χ0v) is 13.4. The van der Waals surface area contributed by atoms with Crippen molar-refractivity contribution in [3.05, 3.63) is 42.2 Å². The molecule has 0 N–H and O–H groups in total. The van der Waals surface area contributed by atoms with Gasteiger partial charge in [-0.05, 0) is 35.9 Å². The average Bonchev–Trinajstić information content (AvgIpc) is 3.09. The molecule has 1 aliphatic rings. The number of hydrogen-bond acceptors (Lipinski definition) is 5. The number of carbonyl (C=O) groups excluding carboxylic acids is 1. The molecule has 0 saturated carbocycles. The lowest BCUT2D eigenvalue weighted by atomic mass is 10.0. The Kier molecular flexibility index (Phi) is 4.97. The van der Waals surface area contributed by atoms with Gasteiger partial charge in [0.05, 0.1) is 0 Å². The number of carbonyl (C=O) groups is 1. The smallest absolute Gasteiger partial charge is 0.244 e. The van der Waals surface area contributed by atoms with Gasteiger partial charge in [-0.1, -0.05) is 30.3 Å². The van der Waals surface area contributed by atoms with E-state index in [-0.39, 0.29) is 12.5 Å². The van der Waals surface area contributed by atoms with Crippen LogP contribution < -0.4 is 0 Å². The number of benzene rings is 1. The lowest BCUT2D eigenvalue weighted by molar-refractivity contribution is -0.134. The number of amides is 1. The van der Waals surface area contributed by atoms with Crippen LogP contribution in [-0.2, 0) is 17.9 Å². The van der Waals surface area contributed by atoms with Crippen molar-refractivity contribution in [3.8, 4) is 0 Å². The summed E-state index contributed by atoms with van der Waals surface area (Å²) in [5.41, 5.74) is 1.30. The Bertz CT molecular complexity index is 615. The van der Waals surface area contributed by atoms with Crippen LogP contribution in [0.3, 0.4) is 0 Å². The zero-order valence-electron chi connectivity index (χ0n) is 13.4. The molecule has 23 heavy (non-hydrogen) atoms. The van der Waals surface area contributed by atoms with E-state index in [1.807, 2.05) is 11.0 Å². The lowest BCUT2D eigenvalue weighted by Gasteiger charge is -2.37. The maximum Gasteiger partial charge on any atom is 0.244 e. The molecule has 1 saturated heterocycles. The molecular formula is C16H22N6O. The number of tetrazole rings is 1. The minimum Gasteiger partial charge on any atom is -0.340 e. The Balaban J connectivity index is 1.56. The highest BCUT2D eigenvalue weighted by atomic mass is 16.2. The summed E-state index contributed by atoms with van der Waals surface area (Å²) in [5.74, 6) is 0.0788. The van der Waals surface area contributed by atoms with E-state index in [1.165, 1.54) is 16.6 Å². The maximum atomic E-state index is 12.4. The third-order valence-corrected chi connectivity index (χ3v) is 4.34. The van der Waals surface area contributed by atoms with E-state index in [0.717, 1.165) is 32.5 Å². The van der Waals surface area contributed by atoms with E-state index in [0.29, 0.717) is 6.04 Å². The molecule has 0 bridgehead atoms. The van der Waals surface area contributed by atoms with E-state index in [1.54, 1.807) is 0 Å². The van der Waals surface area contributed by atoms with Crippen molar-refractivity contribution in [2.45, 2.75) is 32.0 Å². The lowest BCUT2D eigenvalue weighted by Crippen LogP contribution is -2.49. The second-order valence-electron chi connectivity index (χ2n) is 6.04. The Morgan fingerprint density at radius 2 is 2.17 bits per heavy atom. The molecule has 0 radical (unpaired) electrons. The molecule has 7 nitrogen and oxygen atoms in total. The van der Waals surface area contributed by atoms with Crippen molar-refractivity contribution in [3.63, 3.8) is 0 Å². The Morgan fingerprint density at radius 3 is 2.91 bits per heavy atom. The molecule has 0 spiro atoms. The van der Waals surface area contributed by atoms with Gasteiger partial charge in [-0.2, -0.15) is 0 Å². The molecular weight excluding hydrogens is 292 g/mol. The fourth-order valence-electron chi connectivity index (χ4n) is 3.03. The number of nitrogens with zero attached hydrogens (tertiary/aromatic N) is 6. The van der Waals surface area contributed by atoms with Crippen molar-refractivity contribution < 1.29 is 4.79 Å². The van der Waals surface area contributed by atoms with Crippen LogP contribution in [-0.4, -0.2) is 62.1 Å². The molecule has 0 aliphatic carbocycles. The molecule has 1 amide bonds. The molecule has 2 aromatic rings. The fourth-order valence-corrected chi connectivity index (χ4v) is 3.03. The summed E-state index contributed by atoms with van der Waals surface area (Å²) in [7, 11) is 2.13. The number of hydrogen-bond donors (Lipinski definition) is 0. The molecule has 1 aromatic heterocycles. The van der Waals surface area contributed by atoms with E-state index in [2.05, 4.69) is 51.7 Å². The minimum absolute atomic E-state index is 0.0788. The quantitative estimate of drug-likeness (QED) is 0.816. The molecule has 2 heterocycles. The molecule has 7 heteroatoms. The molecule has 1 aromatic carbocycles. The summed E-state index contributed by atoms with van der Waals surface area (Å²) in [6.07, 6.45) is 3.63. The predicted molar refractivity (Wildman–Crippen MR) is 85.3 cm³/mol. The number of aromatic nitrogens is 4. The van der Waals surface area contributed by atoms with Gasteiger partial charge in [0, 0.05) is 25.7 Å². The van der Waals surface area contributed by atoms with Gasteiger partial charge in [0.1, 0.15) is 12.9 Å². The first-order chi connectivity index (χ1) is 11.2. The largest absolute Gasteiger partial charge is 0.340 e. The highest BCUT2D eigenvalue weighted by Crippen LogP contribution is 2.17. The first-order valence-electron chi connectivity index (χ1n) is 7.95. The van der Waals surface area contributed by atoms with E-state index < -0.39 is 0 Å². The van der Waals surface area contributed by atoms with Gasteiger partial charge in [-0.25, -0.2) is 4.68 Å². The van der Waals surface area contributed by atoms with Crippen molar-refractivity contribution in [2.24, 2.45) is 0 Å². The number of piperidine rings is 1. The highest BCUT2D eigenvalue weighted by Gasteiger charge is 2.26. The van der Waals surface area contributed by atoms with Gasteiger partial charge >= 0.3 is 0 Å².